The van der Waals surface area contributed by atoms with Gasteiger partial charge in [-0.2, -0.15) is 0 Å². The van der Waals surface area contributed by atoms with Crippen molar-refractivity contribution < 1.29 is 14.3 Å². The van der Waals surface area contributed by atoms with E-state index < -0.39 is 12.0 Å². The molecule has 0 fully saturated rings. The van der Waals surface area contributed by atoms with Crippen LogP contribution in [0.5, 0.6) is 0 Å². The van der Waals surface area contributed by atoms with E-state index in [1.165, 1.54) is 0 Å². The van der Waals surface area contributed by atoms with Crippen LogP contribution in [-0.4, -0.2) is 22.1 Å². The molecule has 1 heterocycles. The molecule has 0 aliphatic rings. The minimum atomic E-state index is -0.819. The first-order valence-corrected chi connectivity index (χ1v) is 6.07. The van der Waals surface area contributed by atoms with E-state index in [1.807, 2.05) is 13.8 Å². The molecule has 2 N–H and O–H groups in total. The first-order chi connectivity index (χ1) is 8.17. The molecule has 0 saturated carbocycles. The molecule has 5 nitrogen and oxygen atoms in total. The van der Waals surface area contributed by atoms with Gasteiger partial charge in [-0.25, -0.2) is 4.98 Å². The highest BCUT2D eigenvalue weighted by molar-refractivity contribution is 5.73. The number of hydrogen-bond donors (Lipinski definition) is 2. The van der Waals surface area contributed by atoms with Crippen molar-refractivity contribution in [2.24, 2.45) is 0 Å². The van der Waals surface area contributed by atoms with Crippen LogP contribution in [0.25, 0.3) is 0 Å². The van der Waals surface area contributed by atoms with Crippen molar-refractivity contribution in [2.45, 2.75) is 52.1 Å². The van der Waals surface area contributed by atoms with E-state index in [0.29, 0.717) is 18.9 Å². The Hall–Kier alpha value is -1.36. The zero-order valence-electron chi connectivity index (χ0n) is 10.4. The summed E-state index contributed by atoms with van der Waals surface area (Å²) in [4.78, 5) is 15.1. The van der Waals surface area contributed by atoms with Gasteiger partial charge in [-0.15, -0.1) is 0 Å². The predicted octanol–water partition coefficient (Wildman–Crippen LogP) is 1.97. The summed E-state index contributed by atoms with van der Waals surface area (Å²) >= 11 is 0. The van der Waals surface area contributed by atoms with Gasteiger partial charge in [0.2, 0.25) is 5.89 Å². The van der Waals surface area contributed by atoms with Gasteiger partial charge in [0, 0.05) is 6.42 Å². The third-order valence-corrected chi connectivity index (χ3v) is 2.59. The molecular weight excluding hydrogens is 220 g/mol. The third-order valence-electron chi connectivity index (χ3n) is 2.59. The van der Waals surface area contributed by atoms with Crippen LogP contribution in [0.4, 0.5) is 0 Å². The van der Waals surface area contributed by atoms with Gasteiger partial charge in [0.05, 0.1) is 12.7 Å². The lowest BCUT2D eigenvalue weighted by molar-refractivity contribution is -0.139. The van der Waals surface area contributed by atoms with Gasteiger partial charge < -0.3 is 9.52 Å². The molecule has 0 spiro atoms. The normalized spacial score (nSPS) is 12.6. The van der Waals surface area contributed by atoms with Crippen molar-refractivity contribution in [3.63, 3.8) is 0 Å². The maximum Gasteiger partial charge on any atom is 0.320 e. The summed E-state index contributed by atoms with van der Waals surface area (Å²) in [7, 11) is 0. The lowest BCUT2D eigenvalue weighted by atomic mass is 10.1. The molecule has 0 aliphatic carbocycles. The fourth-order valence-corrected chi connectivity index (χ4v) is 1.52. The van der Waals surface area contributed by atoms with Gasteiger partial charge in [-0.05, 0) is 6.42 Å². The fourth-order valence-electron chi connectivity index (χ4n) is 1.52. The molecule has 0 radical (unpaired) electrons. The molecule has 96 valence electrons. The second-order valence-corrected chi connectivity index (χ2v) is 3.99. The summed E-state index contributed by atoms with van der Waals surface area (Å²) in [6.45, 7) is 4.39. The number of hydrogen-bond acceptors (Lipinski definition) is 4. The lowest BCUT2D eigenvalue weighted by Gasteiger charge is -2.12. The van der Waals surface area contributed by atoms with Gasteiger partial charge in [-0.3, -0.25) is 10.1 Å². The Morgan fingerprint density at radius 3 is 2.88 bits per heavy atom. The number of carboxylic acid groups (broad SMARTS) is 1. The van der Waals surface area contributed by atoms with Crippen molar-refractivity contribution in [1.29, 1.82) is 0 Å². The summed E-state index contributed by atoms with van der Waals surface area (Å²) in [5, 5.41) is 12.0. The molecule has 1 atom stereocenters. The number of nitrogens with zero attached hydrogens (tertiary/aromatic N) is 1. The molecule has 0 bridgehead atoms. The Morgan fingerprint density at radius 2 is 2.35 bits per heavy atom. The van der Waals surface area contributed by atoms with Crippen LogP contribution in [0.3, 0.4) is 0 Å². The quantitative estimate of drug-likeness (QED) is 0.726. The van der Waals surface area contributed by atoms with Crippen molar-refractivity contribution in [3.8, 4) is 0 Å². The van der Waals surface area contributed by atoms with Crippen LogP contribution >= 0.6 is 0 Å². The molecule has 17 heavy (non-hydrogen) atoms. The van der Waals surface area contributed by atoms with Crippen LogP contribution < -0.4 is 5.32 Å². The number of nitrogens with one attached hydrogen (secondary N) is 1. The van der Waals surface area contributed by atoms with Gasteiger partial charge >= 0.3 is 5.97 Å². The number of rotatable bonds is 8. The number of carboxylic acids is 1. The van der Waals surface area contributed by atoms with Crippen LogP contribution in [0.1, 0.15) is 44.8 Å². The highest BCUT2D eigenvalue weighted by atomic mass is 16.4. The number of aromatic nitrogens is 1. The maximum absolute atomic E-state index is 11.0. The fraction of sp³-hybridized carbons (Fsp3) is 0.667. The summed E-state index contributed by atoms with van der Waals surface area (Å²) < 4.78 is 5.40. The Bertz CT molecular complexity index is 349. The van der Waals surface area contributed by atoms with Crippen molar-refractivity contribution in [3.05, 3.63) is 17.8 Å². The van der Waals surface area contributed by atoms with Gasteiger partial charge in [-0.1, -0.05) is 26.7 Å². The molecule has 1 aromatic heterocycles. The van der Waals surface area contributed by atoms with Crippen molar-refractivity contribution in [1.82, 2.24) is 10.3 Å². The molecule has 0 aliphatic heterocycles. The largest absolute Gasteiger partial charge is 0.480 e. The average molecular weight is 240 g/mol. The molecule has 5 heteroatoms. The zero-order chi connectivity index (χ0) is 12.7. The number of oxazole rings is 1. The summed E-state index contributed by atoms with van der Waals surface area (Å²) in [6.07, 6.45) is 5.00. The second-order valence-electron chi connectivity index (χ2n) is 3.99. The van der Waals surface area contributed by atoms with Gasteiger partial charge in [0.15, 0.2) is 0 Å². The van der Waals surface area contributed by atoms with Gasteiger partial charge in [0.1, 0.15) is 11.8 Å². The third kappa shape index (κ3) is 4.56. The zero-order valence-corrected chi connectivity index (χ0v) is 10.4. The Labute approximate surface area is 101 Å². The van der Waals surface area contributed by atoms with E-state index in [1.54, 1.807) is 6.20 Å². The number of aryl methyl sites for hydroxylation is 1. The lowest BCUT2D eigenvalue weighted by Crippen LogP contribution is -2.36. The SMILES string of the molecule is CCCCC(NCc1ncc(CC)o1)C(=O)O. The number of carbonyl (C=O) groups is 1. The van der Waals surface area contributed by atoms with Crippen molar-refractivity contribution in [2.75, 3.05) is 0 Å². The van der Waals surface area contributed by atoms with E-state index >= 15 is 0 Å². The maximum atomic E-state index is 11.0. The van der Waals surface area contributed by atoms with E-state index in [-0.39, 0.29) is 0 Å². The Morgan fingerprint density at radius 1 is 1.59 bits per heavy atom. The van der Waals surface area contributed by atoms with Crippen LogP contribution in [0.2, 0.25) is 0 Å². The smallest absolute Gasteiger partial charge is 0.320 e. The van der Waals surface area contributed by atoms with E-state index in [0.717, 1.165) is 25.0 Å². The summed E-state index contributed by atoms with van der Waals surface area (Å²) in [5.41, 5.74) is 0. The minimum absolute atomic E-state index is 0.362. The first kappa shape index (κ1) is 13.7. The van der Waals surface area contributed by atoms with E-state index in [4.69, 9.17) is 9.52 Å². The molecule has 0 aromatic carbocycles. The molecular formula is C12H20N2O3. The van der Waals surface area contributed by atoms with E-state index in [2.05, 4.69) is 10.3 Å². The number of unbranched alkanes of at least 4 members (excludes halogenated alkanes) is 1. The van der Waals surface area contributed by atoms with Gasteiger partial charge in [0.25, 0.3) is 0 Å². The summed E-state index contributed by atoms with van der Waals surface area (Å²) in [6, 6.07) is -0.521. The van der Waals surface area contributed by atoms with E-state index in [9.17, 15) is 4.79 Å². The minimum Gasteiger partial charge on any atom is -0.480 e. The van der Waals surface area contributed by atoms with Crippen LogP contribution in [-0.2, 0) is 17.8 Å². The second kappa shape index (κ2) is 7.06. The highest BCUT2D eigenvalue weighted by Crippen LogP contribution is 2.06. The van der Waals surface area contributed by atoms with Crippen molar-refractivity contribution >= 4 is 5.97 Å². The molecule has 0 amide bonds. The predicted molar refractivity (Wildman–Crippen MR) is 63.7 cm³/mol. The Kier molecular flexibility index (Phi) is 5.69. The average Bonchev–Trinajstić information content (AvgIpc) is 2.76. The first-order valence-electron chi connectivity index (χ1n) is 6.07. The monoisotopic (exact) mass is 240 g/mol. The molecule has 1 unspecified atom stereocenters. The molecule has 1 aromatic rings. The topological polar surface area (TPSA) is 75.4 Å². The molecule has 1 rings (SSSR count). The highest BCUT2D eigenvalue weighted by Gasteiger charge is 2.16. The Balaban J connectivity index is 2.42. The standard InChI is InChI=1S/C12H20N2O3/c1-3-5-6-10(12(15)16)13-8-11-14-7-9(4-2)17-11/h7,10,13H,3-6,8H2,1-2H3,(H,15,16). The summed E-state index contributed by atoms with van der Waals surface area (Å²) in [5.74, 6) is 0.549. The van der Waals surface area contributed by atoms with Crippen LogP contribution in [0.15, 0.2) is 10.6 Å². The number of aliphatic carboxylic acids is 1. The molecule has 0 saturated heterocycles. The van der Waals surface area contributed by atoms with Crippen LogP contribution in [0, 0.1) is 0 Å².